The Morgan fingerprint density at radius 3 is 2.53 bits per heavy atom. The number of aliphatic hydroxyl groups is 1. The van der Waals surface area contributed by atoms with Crippen molar-refractivity contribution in [3.8, 4) is 0 Å². The molecule has 0 aliphatic rings. The van der Waals surface area contributed by atoms with Crippen molar-refractivity contribution < 1.29 is 18.3 Å². The van der Waals surface area contributed by atoms with Crippen molar-refractivity contribution in [2.24, 2.45) is 12.8 Å². The summed E-state index contributed by atoms with van der Waals surface area (Å²) in [5, 5.41) is 11.7. The molecular formula is C7H9ClF3N3O. The van der Waals surface area contributed by atoms with Crippen LogP contribution in [-0.4, -0.2) is 21.5 Å². The molecule has 1 aromatic heterocycles. The van der Waals surface area contributed by atoms with E-state index in [1.54, 1.807) is 0 Å². The van der Waals surface area contributed by atoms with E-state index in [1.165, 1.54) is 7.05 Å². The number of aryl methyl sites for hydroxylation is 1. The predicted octanol–water partition coefficient (Wildman–Crippen LogP) is 1.08. The zero-order valence-electron chi connectivity index (χ0n) is 7.72. The van der Waals surface area contributed by atoms with Gasteiger partial charge in [0, 0.05) is 12.6 Å². The number of nitrogens with zero attached hydrogens (tertiary/aromatic N) is 2. The molecule has 0 aliphatic carbocycles. The minimum absolute atomic E-state index is 0.219. The van der Waals surface area contributed by atoms with Gasteiger partial charge in [0.25, 0.3) is 0 Å². The molecule has 4 nitrogen and oxygen atoms in total. The third-order valence-corrected chi connectivity index (χ3v) is 2.30. The van der Waals surface area contributed by atoms with Gasteiger partial charge < -0.3 is 10.8 Å². The molecule has 1 aromatic rings. The molecule has 86 valence electrons. The van der Waals surface area contributed by atoms with Crippen molar-refractivity contribution in [3.63, 3.8) is 0 Å². The molecule has 15 heavy (non-hydrogen) atoms. The van der Waals surface area contributed by atoms with Crippen molar-refractivity contribution in [1.82, 2.24) is 9.78 Å². The Kier molecular flexibility index (Phi) is 3.27. The average molecular weight is 244 g/mol. The van der Waals surface area contributed by atoms with E-state index in [2.05, 4.69) is 5.10 Å². The van der Waals surface area contributed by atoms with E-state index in [1.807, 2.05) is 0 Å². The highest BCUT2D eigenvalue weighted by Gasteiger charge is 2.40. The topological polar surface area (TPSA) is 64.1 Å². The molecule has 1 atom stereocenters. The summed E-state index contributed by atoms with van der Waals surface area (Å²) in [6.45, 7) is -0.630. The van der Waals surface area contributed by atoms with Gasteiger partial charge in [0.2, 0.25) is 0 Å². The molecule has 0 radical (unpaired) electrons. The standard InChI is InChI=1S/C7H9ClF3N3O/c1-14-6(8)4(3(12)2-15)5(13-14)7(9,10)11/h3,15H,2,12H2,1H3/t3-/m1/s1. The van der Waals surface area contributed by atoms with E-state index >= 15 is 0 Å². The number of aliphatic hydroxyl groups excluding tert-OH is 1. The van der Waals surface area contributed by atoms with Crippen LogP contribution in [0.1, 0.15) is 17.3 Å². The van der Waals surface area contributed by atoms with Crippen LogP contribution in [0.4, 0.5) is 13.2 Å². The van der Waals surface area contributed by atoms with Crippen LogP contribution < -0.4 is 5.73 Å². The Balaban J connectivity index is 3.34. The largest absolute Gasteiger partial charge is 0.435 e. The minimum atomic E-state index is -4.63. The first-order valence-electron chi connectivity index (χ1n) is 3.95. The van der Waals surface area contributed by atoms with Crippen LogP contribution in [0.3, 0.4) is 0 Å². The fourth-order valence-corrected chi connectivity index (χ4v) is 1.42. The van der Waals surface area contributed by atoms with Crippen molar-refractivity contribution in [3.05, 3.63) is 16.4 Å². The normalized spacial score (nSPS) is 14.3. The van der Waals surface area contributed by atoms with E-state index in [9.17, 15) is 13.2 Å². The molecule has 0 spiro atoms. The molecule has 8 heteroatoms. The molecular weight excluding hydrogens is 235 g/mol. The number of halogens is 4. The molecule has 1 rings (SSSR count). The Morgan fingerprint density at radius 1 is 1.60 bits per heavy atom. The number of rotatable bonds is 2. The lowest BCUT2D eigenvalue weighted by Gasteiger charge is -2.10. The number of alkyl halides is 3. The van der Waals surface area contributed by atoms with E-state index < -0.39 is 24.5 Å². The van der Waals surface area contributed by atoms with E-state index in [-0.39, 0.29) is 10.7 Å². The summed E-state index contributed by atoms with van der Waals surface area (Å²) >= 11 is 5.60. The summed E-state index contributed by atoms with van der Waals surface area (Å²) in [4.78, 5) is 0. The second-order valence-electron chi connectivity index (χ2n) is 2.96. The number of hydrogen-bond donors (Lipinski definition) is 2. The second-order valence-corrected chi connectivity index (χ2v) is 3.32. The second kappa shape index (κ2) is 3.99. The summed E-state index contributed by atoms with van der Waals surface area (Å²) in [5.41, 5.74) is 3.78. The first-order chi connectivity index (χ1) is 6.79. The smallest absolute Gasteiger partial charge is 0.394 e. The average Bonchev–Trinajstić information content (AvgIpc) is 2.42. The third-order valence-electron chi connectivity index (χ3n) is 1.85. The molecule has 0 fully saturated rings. The number of hydrogen-bond acceptors (Lipinski definition) is 3. The first kappa shape index (κ1) is 12.3. The Bertz CT molecular complexity index is 363. The maximum atomic E-state index is 12.5. The van der Waals surface area contributed by atoms with Crippen molar-refractivity contribution >= 4 is 11.6 Å². The van der Waals surface area contributed by atoms with Gasteiger partial charge in [-0.3, -0.25) is 4.68 Å². The quantitative estimate of drug-likeness (QED) is 0.817. The molecule has 0 amide bonds. The Labute approximate surface area is 88.4 Å². The monoisotopic (exact) mass is 243 g/mol. The highest BCUT2D eigenvalue weighted by Crippen LogP contribution is 2.36. The molecule has 1 heterocycles. The van der Waals surface area contributed by atoms with Crippen LogP contribution in [0, 0.1) is 0 Å². The molecule has 3 N–H and O–H groups in total. The maximum absolute atomic E-state index is 12.5. The molecule has 0 aliphatic heterocycles. The van der Waals surface area contributed by atoms with Crippen LogP contribution in [0.5, 0.6) is 0 Å². The first-order valence-corrected chi connectivity index (χ1v) is 4.32. The van der Waals surface area contributed by atoms with Crippen molar-refractivity contribution in [2.45, 2.75) is 12.2 Å². The van der Waals surface area contributed by atoms with Gasteiger partial charge in [-0.1, -0.05) is 11.6 Å². The van der Waals surface area contributed by atoms with Gasteiger partial charge in [-0.25, -0.2) is 0 Å². The highest BCUT2D eigenvalue weighted by atomic mass is 35.5. The Morgan fingerprint density at radius 2 is 2.13 bits per heavy atom. The van der Waals surface area contributed by atoms with Crippen LogP contribution >= 0.6 is 11.6 Å². The van der Waals surface area contributed by atoms with Crippen molar-refractivity contribution in [2.75, 3.05) is 6.61 Å². The summed E-state index contributed by atoms with van der Waals surface area (Å²) < 4.78 is 38.3. The zero-order chi connectivity index (χ0) is 11.8. The van der Waals surface area contributed by atoms with Gasteiger partial charge in [-0.05, 0) is 0 Å². The highest BCUT2D eigenvalue weighted by molar-refractivity contribution is 6.30. The fraction of sp³-hybridized carbons (Fsp3) is 0.571. The van der Waals surface area contributed by atoms with E-state index in [0.717, 1.165) is 4.68 Å². The van der Waals surface area contributed by atoms with Crippen LogP contribution in [0.2, 0.25) is 5.15 Å². The predicted molar refractivity (Wildman–Crippen MR) is 47.2 cm³/mol. The van der Waals surface area contributed by atoms with Gasteiger partial charge >= 0.3 is 6.18 Å². The van der Waals surface area contributed by atoms with Gasteiger partial charge in [0.15, 0.2) is 5.69 Å². The van der Waals surface area contributed by atoms with Crippen LogP contribution in [0.25, 0.3) is 0 Å². The van der Waals surface area contributed by atoms with Crippen molar-refractivity contribution in [1.29, 1.82) is 0 Å². The van der Waals surface area contributed by atoms with Gasteiger partial charge in [-0.2, -0.15) is 18.3 Å². The summed E-state index contributed by atoms with van der Waals surface area (Å²) in [7, 11) is 1.27. The lowest BCUT2D eigenvalue weighted by Crippen LogP contribution is -2.19. The molecule has 0 saturated heterocycles. The van der Waals surface area contributed by atoms with Gasteiger partial charge in [-0.15, -0.1) is 0 Å². The number of nitrogens with two attached hydrogens (primary N) is 1. The summed E-state index contributed by atoms with van der Waals surface area (Å²) in [6, 6.07) is -1.19. The molecule has 0 aromatic carbocycles. The minimum Gasteiger partial charge on any atom is -0.394 e. The van der Waals surface area contributed by atoms with Crippen LogP contribution in [-0.2, 0) is 13.2 Å². The zero-order valence-corrected chi connectivity index (χ0v) is 8.47. The summed E-state index contributed by atoms with van der Waals surface area (Å²) in [6.07, 6.45) is -4.63. The third kappa shape index (κ3) is 2.24. The number of aromatic nitrogens is 2. The van der Waals surface area contributed by atoms with Crippen LogP contribution in [0.15, 0.2) is 0 Å². The Hall–Kier alpha value is -0.790. The van der Waals surface area contributed by atoms with Gasteiger partial charge in [0.1, 0.15) is 5.15 Å². The SMILES string of the molecule is Cn1nc(C(F)(F)F)c([C@H](N)CO)c1Cl. The molecule has 0 bridgehead atoms. The molecule has 0 unspecified atom stereocenters. The van der Waals surface area contributed by atoms with E-state index in [4.69, 9.17) is 22.4 Å². The lowest BCUT2D eigenvalue weighted by atomic mass is 10.1. The van der Waals surface area contributed by atoms with Gasteiger partial charge in [0.05, 0.1) is 12.6 Å². The summed E-state index contributed by atoms with van der Waals surface area (Å²) in [5.74, 6) is 0. The van der Waals surface area contributed by atoms with E-state index in [0.29, 0.717) is 0 Å². The lowest BCUT2D eigenvalue weighted by molar-refractivity contribution is -0.142. The maximum Gasteiger partial charge on any atom is 0.435 e. The fourth-order valence-electron chi connectivity index (χ4n) is 1.15. The molecule has 0 saturated carbocycles.